The standard InChI is InChI=1S/C17H19N/c1-12-9-10-16-14(11-12)13-7-5-6-8-15(13)18(16)17(2,3)4/h5-11H,1-4H3/i1D3. The number of fused-ring (bicyclic) bond motifs is 3. The first-order chi connectivity index (χ1) is 9.69. The Morgan fingerprint density at radius 3 is 2.39 bits per heavy atom. The number of hydrogen-bond acceptors (Lipinski definition) is 0. The van der Waals surface area contributed by atoms with E-state index in [1.807, 2.05) is 24.3 Å². The van der Waals surface area contributed by atoms with Crippen molar-refractivity contribution in [1.82, 2.24) is 4.57 Å². The highest BCUT2D eigenvalue weighted by molar-refractivity contribution is 6.08. The molecule has 18 heavy (non-hydrogen) atoms. The van der Waals surface area contributed by atoms with Crippen molar-refractivity contribution < 1.29 is 4.11 Å². The Morgan fingerprint density at radius 2 is 1.67 bits per heavy atom. The number of rotatable bonds is 0. The van der Waals surface area contributed by atoms with Gasteiger partial charge in [0.05, 0.1) is 0 Å². The molecule has 0 unspecified atom stereocenters. The zero-order valence-electron chi connectivity index (χ0n) is 14.0. The molecule has 2 aromatic carbocycles. The Labute approximate surface area is 112 Å². The lowest BCUT2D eigenvalue weighted by Gasteiger charge is -2.24. The quantitative estimate of drug-likeness (QED) is 0.529. The van der Waals surface area contributed by atoms with Gasteiger partial charge in [0.15, 0.2) is 0 Å². The van der Waals surface area contributed by atoms with Gasteiger partial charge in [-0.05, 0) is 45.8 Å². The van der Waals surface area contributed by atoms with Crippen molar-refractivity contribution >= 4 is 21.8 Å². The van der Waals surface area contributed by atoms with E-state index in [0.29, 0.717) is 5.56 Å². The Kier molecular flexibility index (Phi) is 1.68. The minimum absolute atomic E-state index is 0.0666. The van der Waals surface area contributed by atoms with Crippen LogP contribution < -0.4 is 0 Å². The van der Waals surface area contributed by atoms with E-state index in [-0.39, 0.29) is 5.54 Å². The summed E-state index contributed by atoms with van der Waals surface area (Å²) >= 11 is 0. The van der Waals surface area contributed by atoms with Crippen molar-refractivity contribution in [1.29, 1.82) is 0 Å². The molecular formula is C17H19N. The summed E-state index contributed by atoms with van der Waals surface area (Å²) in [6.07, 6.45) is 0. The normalized spacial score (nSPS) is 15.6. The van der Waals surface area contributed by atoms with Crippen LogP contribution in [0.2, 0.25) is 0 Å². The SMILES string of the molecule is [2H]C([2H])([2H])c1ccc2c(c1)c1ccccc1n2C(C)(C)C. The smallest absolute Gasteiger partial charge is 0.0496 e. The lowest BCUT2D eigenvalue weighted by atomic mass is 10.1. The molecule has 0 saturated carbocycles. The van der Waals surface area contributed by atoms with Crippen LogP contribution >= 0.6 is 0 Å². The van der Waals surface area contributed by atoms with Gasteiger partial charge in [-0.25, -0.2) is 0 Å². The van der Waals surface area contributed by atoms with Crippen molar-refractivity contribution in [3.05, 3.63) is 48.0 Å². The number of nitrogens with zero attached hydrogens (tertiary/aromatic N) is 1. The number of aromatic nitrogens is 1. The topological polar surface area (TPSA) is 4.93 Å². The van der Waals surface area contributed by atoms with Crippen LogP contribution in [0.25, 0.3) is 21.8 Å². The maximum Gasteiger partial charge on any atom is 0.0496 e. The highest BCUT2D eigenvalue weighted by atomic mass is 15.0. The minimum Gasteiger partial charge on any atom is -0.335 e. The summed E-state index contributed by atoms with van der Waals surface area (Å²) in [5.41, 5.74) is 2.55. The number of hydrogen-bond donors (Lipinski definition) is 0. The average Bonchev–Trinajstić information content (AvgIpc) is 2.70. The molecule has 3 rings (SSSR count). The molecule has 0 radical (unpaired) electrons. The van der Waals surface area contributed by atoms with E-state index < -0.39 is 6.85 Å². The van der Waals surface area contributed by atoms with Crippen LogP contribution in [0.3, 0.4) is 0 Å². The largest absolute Gasteiger partial charge is 0.335 e. The summed E-state index contributed by atoms with van der Waals surface area (Å²) in [5.74, 6) is 0. The first-order valence-electron chi connectivity index (χ1n) is 7.74. The molecule has 0 fully saturated rings. The molecule has 0 atom stereocenters. The van der Waals surface area contributed by atoms with Crippen LogP contribution in [-0.2, 0) is 5.54 Å². The third-order valence-electron chi connectivity index (χ3n) is 3.34. The predicted octanol–water partition coefficient (Wildman–Crippen LogP) is 4.86. The molecule has 3 aromatic rings. The minimum atomic E-state index is -2.07. The van der Waals surface area contributed by atoms with Crippen molar-refractivity contribution in [2.24, 2.45) is 0 Å². The van der Waals surface area contributed by atoms with Gasteiger partial charge in [0, 0.05) is 31.5 Å². The molecule has 0 aliphatic carbocycles. The molecule has 1 heterocycles. The van der Waals surface area contributed by atoms with E-state index in [1.54, 1.807) is 6.07 Å². The fourth-order valence-corrected chi connectivity index (χ4v) is 2.70. The molecule has 92 valence electrons. The molecule has 0 spiro atoms. The highest BCUT2D eigenvalue weighted by Gasteiger charge is 2.19. The summed E-state index contributed by atoms with van der Waals surface area (Å²) in [7, 11) is 0. The molecule has 1 aromatic heterocycles. The number of para-hydroxylation sites is 1. The number of benzene rings is 2. The summed E-state index contributed by atoms with van der Waals surface area (Å²) in [4.78, 5) is 0. The van der Waals surface area contributed by atoms with Crippen molar-refractivity contribution in [2.45, 2.75) is 33.2 Å². The second kappa shape index (κ2) is 3.61. The van der Waals surface area contributed by atoms with Crippen LogP contribution in [0.1, 0.15) is 30.4 Å². The third-order valence-corrected chi connectivity index (χ3v) is 3.34. The van der Waals surface area contributed by atoms with E-state index in [2.05, 4.69) is 37.5 Å². The average molecular weight is 240 g/mol. The second-order valence-corrected chi connectivity index (χ2v) is 5.76. The zero-order valence-corrected chi connectivity index (χ0v) is 11.0. The number of aryl methyl sites for hydroxylation is 1. The van der Waals surface area contributed by atoms with Gasteiger partial charge in [-0.2, -0.15) is 0 Å². The summed E-state index contributed by atoms with van der Waals surface area (Å²) in [6, 6.07) is 13.6. The molecular weight excluding hydrogens is 218 g/mol. The molecule has 0 amide bonds. The van der Waals surface area contributed by atoms with Gasteiger partial charge >= 0.3 is 0 Å². The maximum atomic E-state index is 7.61. The first-order valence-corrected chi connectivity index (χ1v) is 6.24. The molecule has 0 aliphatic rings. The molecule has 1 nitrogen and oxygen atoms in total. The molecule has 0 saturated heterocycles. The van der Waals surface area contributed by atoms with Crippen LogP contribution in [0.4, 0.5) is 0 Å². The predicted molar refractivity (Wildman–Crippen MR) is 79.2 cm³/mol. The fraction of sp³-hybridized carbons (Fsp3) is 0.294. The van der Waals surface area contributed by atoms with Gasteiger partial charge in [0.1, 0.15) is 0 Å². The third kappa shape index (κ3) is 1.54. The van der Waals surface area contributed by atoms with Gasteiger partial charge < -0.3 is 4.57 Å². The Hall–Kier alpha value is -1.76. The fourth-order valence-electron chi connectivity index (χ4n) is 2.70. The summed E-state index contributed by atoms with van der Waals surface area (Å²) in [5, 5.41) is 2.11. The highest BCUT2D eigenvalue weighted by Crippen LogP contribution is 2.34. The molecule has 0 bridgehead atoms. The van der Waals surface area contributed by atoms with Gasteiger partial charge in [0.25, 0.3) is 0 Å². The summed E-state index contributed by atoms with van der Waals surface area (Å²) in [6.45, 7) is 4.42. The lowest BCUT2D eigenvalue weighted by Crippen LogP contribution is -2.21. The Bertz CT molecular complexity index is 820. The van der Waals surface area contributed by atoms with E-state index in [4.69, 9.17) is 4.11 Å². The second-order valence-electron chi connectivity index (χ2n) is 5.76. The first kappa shape index (κ1) is 8.36. The van der Waals surface area contributed by atoms with E-state index in [1.165, 1.54) is 0 Å². The van der Waals surface area contributed by atoms with Crippen LogP contribution in [0.15, 0.2) is 42.5 Å². The van der Waals surface area contributed by atoms with Gasteiger partial charge in [-0.3, -0.25) is 0 Å². The van der Waals surface area contributed by atoms with Crippen LogP contribution in [-0.4, -0.2) is 4.57 Å². The zero-order chi connectivity index (χ0) is 15.4. The van der Waals surface area contributed by atoms with E-state index >= 15 is 0 Å². The van der Waals surface area contributed by atoms with Crippen molar-refractivity contribution in [2.75, 3.05) is 0 Å². The lowest BCUT2D eigenvalue weighted by molar-refractivity contribution is 0.423. The van der Waals surface area contributed by atoms with Gasteiger partial charge in [0.2, 0.25) is 0 Å². The molecule has 0 aliphatic heterocycles. The summed E-state index contributed by atoms with van der Waals surface area (Å²) < 4.78 is 25.1. The Balaban J connectivity index is 2.47. The van der Waals surface area contributed by atoms with Gasteiger partial charge in [-0.15, -0.1) is 0 Å². The monoisotopic (exact) mass is 240 g/mol. The van der Waals surface area contributed by atoms with Gasteiger partial charge in [-0.1, -0.05) is 29.8 Å². The molecule has 0 N–H and O–H groups in total. The Morgan fingerprint density at radius 1 is 0.944 bits per heavy atom. The van der Waals surface area contributed by atoms with Crippen molar-refractivity contribution in [3.8, 4) is 0 Å². The maximum absolute atomic E-state index is 7.61. The van der Waals surface area contributed by atoms with Crippen LogP contribution in [0, 0.1) is 6.85 Å². The molecule has 1 heteroatoms. The van der Waals surface area contributed by atoms with Crippen molar-refractivity contribution in [3.63, 3.8) is 0 Å². The van der Waals surface area contributed by atoms with E-state index in [9.17, 15) is 0 Å². The van der Waals surface area contributed by atoms with Crippen LogP contribution in [0.5, 0.6) is 0 Å². The van der Waals surface area contributed by atoms with E-state index in [0.717, 1.165) is 21.8 Å².